The Kier molecular flexibility index (Phi) is 11.7. The lowest BCUT2D eigenvalue weighted by Crippen LogP contribution is -2.59. The van der Waals surface area contributed by atoms with Crippen molar-refractivity contribution in [1.82, 2.24) is 25.9 Å². The Morgan fingerprint density at radius 2 is 1.78 bits per heavy atom. The average Bonchev–Trinajstić information content (AvgIpc) is 3.25. The molecule has 0 aliphatic rings. The van der Waals surface area contributed by atoms with E-state index in [4.69, 9.17) is 10.8 Å². The molecule has 0 spiro atoms. The van der Waals surface area contributed by atoms with Crippen LogP contribution >= 0.6 is 11.8 Å². The number of carbonyl (C=O) groups excluding carboxylic acids is 3. The van der Waals surface area contributed by atoms with Crippen LogP contribution in [0.15, 0.2) is 12.5 Å². The van der Waals surface area contributed by atoms with Crippen molar-refractivity contribution in [1.29, 1.82) is 0 Å². The van der Waals surface area contributed by atoms with Crippen LogP contribution in [-0.4, -0.2) is 97.9 Å². The molecule has 32 heavy (non-hydrogen) atoms. The van der Waals surface area contributed by atoms with Crippen LogP contribution in [-0.2, 0) is 25.6 Å². The smallest absolute Gasteiger partial charge is 0.328 e. The number of aromatic nitrogens is 2. The molecule has 0 aromatic carbocycles. The van der Waals surface area contributed by atoms with Crippen molar-refractivity contribution >= 4 is 35.5 Å². The molecular formula is C18H30N6O7S. The van der Waals surface area contributed by atoms with E-state index >= 15 is 0 Å². The maximum absolute atomic E-state index is 12.9. The number of nitrogens with two attached hydrogens (primary N) is 1. The van der Waals surface area contributed by atoms with Gasteiger partial charge in [-0.3, -0.25) is 14.4 Å². The second-order valence-electron chi connectivity index (χ2n) is 7.04. The number of amides is 3. The summed E-state index contributed by atoms with van der Waals surface area (Å²) in [4.78, 5) is 55.6. The van der Waals surface area contributed by atoms with Crippen LogP contribution < -0.4 is 21.7 Å². The van der Waals surface area contributed by atoms with Crippen LogP contribution in [0.5, 0.6) is 0 Å². The van der Waals surface area contributed by atoms with Gasteiger partial charge in [-0.2, -0.15) is 11.8 Å². The van der Waals surface area contributed by atoms with Crippen LogP contribution in [0.4, 0.5) is 0 Å². The number of carboxylic acid groups (broad SMARTS) is 1. The number of aliphatic hydroxyl groups is 2. The van der Waals surface area contributed by atoms with E-state index in [-0.39, 0.29) is 12.8 Å². The fraction of sp³-hybridized carbons (Fsp3) is 0.611. The molecule has 0 aliphatic carbocycles. The summed E-state index contributed by atoms with van der Waals surface area (Å²) in [5.41, 5.74) is 6.03. The van der Waals surface area contributed by atoms with Crippen molar-refractivity contribution in [2.24, 2.45) is 5.73 Å². The molecule has 1 aromatic heterocycles. The van der Waals surface area contributed by atoms with Crippen LogP contribution in [0.1, 0.15) is 19.0 Å². The average molecular weight is 475 g/mol. The van der Waals surface area contributed by atoms with E-state index in [0.717, 1.165) is 0 Å². The van der Waals surface area contributed by atoms with Crippen LogP contribution in [0.25, 0.3) is 0 Å². The van der Waals surface area contributed by atoms with Crippen LogP contribution in [0, 0.1) is 0 Å². The first-order valence-corrected chi connectivity index (χ1v) is 11.1. The van der Waals surface area contributed by atoms with Gasteiger partial charge in [0.25, 0.3) is 0 Å². The lowest BCUT2D eigenvalue weighted by Gasteiger charge is -2.25. The fourth-order valence-electron chi connectivity index (χ4n) is 2.61. The first-order valence-electron chi connectivity index (χ1n) is 9.75. The van der Waals surface area contributed by atoms with E-state index in [1.54, 1.807) is 6.26 Å². The summed E-state index contributed by atoms with van der Waals surface area (Å²) in [6.07, 6.45) is 3.45. The highest BCUT2D eigenvalue weighted by Crippen LogP contribution is 2.06. The van der Waals surface area contributed by atoms with Crippen molar-refractivity contribution in [3.63, 3.8) is 0 Å². The summed E-state index contributed by atoms with van der Waals surface area (Å²) >= 11 is 1.41. The fourth-order valence-corrected chi connectivity index (χ4v) is 3.08. The van der Waals surface area contributed by atoms with Gasteiger partial charge < -0.3 is 42.0 Å². The number of aromatic amines is 1. The molecule has 1 rings (SSSR count). The molecule has 0 fully saturated rings. The summed E-state index contributed by atoms with van der Waals surface area (Å²) in [6, 6.07) is -5.08. The zero-order chi connectivity index (χ0) is 24.3. The molecule has 0 aliphatic heterocycles. The van der Waals surface area contributed by atoms with Gasteiger partial charge in [0.05, 0.1) is 19.0 Å². The van der Waals surface area contributed by atoms with E-state index in [0.29, 0.717) is 11.4 Å². The highest BCUT2D eigenvalue weighted by molar-refractivity contribution is 7.98. The number of nitrogens with zero attached hydrogens (tertiary/aromatic N) is 1. The molecule has 5 unspecified atom stereocenters. The highest BCUT2D eigenvalue weighted by Gasteiger charge is 2.31. The zero-order valence-corrected chi connectivity index (χ0v) is 18.6. The molecule has 9 N–H and O–H groups in total. The number of H-pyrrole nitrogens is 1. The second kappa shape index (κ2) is 13.7. The number of thioether (sulfide) groups is 1. The number of hydrogen-bond acceptors (Lipinski definition) is 9. The molecule has 0 radical (unpaired) electrons. The number of hydrogen-bond donors (Lipinski definition) is 8. The van der Waals surface area contributed by atoms with E-state index in [9.17, 15) is 29.4 Å². The summed E-state index contributed by atoms with van der Waals surface area (Å²) in [5, 5.41) is 35.0. The van der Waals surface area contributed by atoms with E-state index in [2.05, 4.69) is 25.9 Å². The normalized spacial score (nSPS) is 15.7. The van der Waals surface area contributed by atoms with Crippen molar-refractivity contribution in [3.05, 3.63) is 18.2 Å². The third-order valence-electron chi connectivity index (χ3n) is 4.44. The first-order chi connectivity index (χ1) is 15.1. The van der Waals surface area contributed by atoms with E-state index < -0.39 is 60.6 Å². The van der Waals surface area contributed by atoms with E-state index in [1.165, 1.54) is 31.2 Å². The Labute approximate surface area is 188 Å². The van der Waals surface area contributed by atoms with Gasteiger partial charge in [0.1, 0.15) is 18.1 Å². The molecule has 1 heterocycles. The molecule has 1 aromatic rings. The standard InChI is InChI=1S/C18H30N6O7S/c1-9(26)14(18(30)31)24-16(28)12(3-4-32-2)22-17(29)13(5-10-6-20-8-21-10)23-15(27)11(19)7-25/h6,8-9,11-14,25-26H,3-5,7,19H2,1-2H3,(H,20,21)(H,22,29)(H,23,27)(H,24,28)(H,30,31). The van der Waals surface area contributed by atoms with Crippen molar-refractivity contribution in [2.45, 2.75) is 50.0 Å². The van der Waals surface area contributed by atoms with Crippen molar-refractivity contribution in [3.8, 4) is 0 Å². The summed E-state index contributed by atoms with van der Waals surface area (Å²) < 4.78 is 0. The number of aliphatic carboxylic acids is 1. The Bertz CT molecular complexity index is 761. The van der Waals surface area contributed by atoms with Crippen molar-refractivity contribution < 1.29 is 34.5 Å². The first kappa shape index (κ1) is 27.4. The molecule has 0 bridgehead atoms. The molecular weight excluding hydrogens is 444 g/mol. The molecule has 0 saturated carbocycles. The Balaban J connectivity index is 3.00. The molecule has 14 heteroatoms. The minimum absolute atomic E-state index is 0.00197. The summed E-state index contributed by atoms with van der Waals surface area (Å²) in [5.74, 6) is -3.23. The van der Waals surface area contributed by atoms with Gasteiger partial charge in [0, 0.05) is 18.3 Å². The summed E-state index contributed by atoms with van der Waals surface area (Å²) in [6.45, 7) is 0.591. The third-order valence-corrected chi connectivity index (χ3v) is 5.08. The minimum Gasteiger partial charge on any atom is -0.480 e. The maximum Gasteiger partial charge on any atom is 0.328 e. The molecule has 5 atom stereocenters. The number of rotatable bonds is 14. The van der Waals surface area contributed by atoms with Gasteiger partial charge in [0.15, 0.2) is 6.04 Å². The SMILES string of the molecule is CSCCC(NC(=O)C(Cc1cnc[nH]1)NC(=O)C(N)CO)C(=O)NC(C(=O)O)C(C)O. The number of nitrogens with one attached hydrogen (secondary N) is 4. The predicted octanol–water partition coefficient (Wildman–Crippen LogP) is -3.06. The van der Waals surface area contributed by atoms with Gasteiger partial charge in [0.2, 0.25) is 17.7 Å². The second-order valence-corrected chi connectivity index (χ2v) is 8.02. The predicted molar refractivity (Wildman–Crippen MR) is 115 cm³/mol. The van der Waals surface area contributed by atoms with E-state index in [1.807, 2.05) is 0 Å². The largest absolute Gasteiger partial charge is 0.480 e. The lowest BCUT2D eigenvalue weighted by molar-refractivity contribution is -0.145. The Hall–Kier alpha value is -2.68. The molecule has 180 valence electrons. The zero-order valence-electron chi connectivity index (χ0n) is 17.8. The number of aliphatic hydroxyl groups excluding tert-OH is 2. The van der Waals surface area contributed by atoms with Gasteiger partial charge >= 0.3 is 5.97 Å². The lowest BCUT2D eigenvalue weighted by atomic mass is 10.1. The van der Waals surface area contributed by atoms with Gasteiger partial charge in [-0.1, -0.05) is 0 Å². The Morgan fingerprint density at radius 1 is 1.16 bits per heavy atom. The number of imidazole rings is 1. The minimum atomic E-state index is -1.56. The van der Waals surface area contributed by atoms with Gasteiger partial charge in [-0.05, 0) is 25.4 Å². The maximum atomic E-state index is 12.9. The number of carboxylic acids is 1. The Morgan fingerprint density at radius 3 is 2.28 bits per heavy atom. The van der Waals surface area contributed by atoms with Gasteiger partial charge in [-0.25, -0.2) is 9.78 Å². The highest BCUT2D eigenvalue weighted by atomic mass is 32.2. The molecule has 13 nitrogen and oxygen atoms in total. The molecule has 0 saturated heterocycles. The quantitative estimate of drug-likeness (QED) is 0.136. The van der Waals surface area contributed by atoms with Crippen molar-refractivity contribution in [2.75, 3.05) is 18.6 Å². The summed E-state index contributed by atoms with van der Waals surface area (Å²) in [7, 11) is 0. The number of carbonyl (C=O) groups is 4. The van der Waals surface area contributed by atoms with Gasteiger partial charge in [-0.15, -0.1) is 0 Å². The molecule has 3 amide bonds. The monoisotopic (exact) mass is 474 g/mol. The van der Waals surface area contributed by atoms with Crippen LogP contribution in [0.2, 0.25) is 0 Å². The van der Waals surface area contributed by atoms with Crippen LogP contribution in [0.3, 0.4) is 0 Å². The third kappa shape index (κ3) is 8.82. The topological polar surface area (TPSA) is 220 Å².